The normalized spacial score (nSPS) is 11.6. The first-order valence-corrected chi connectivity index (χ1v) is 20.5. The first kappa shape index (κ1) is 34.7. The van der Waals surface area contributed by atoms with Gasteiger partial charge in [0.05, 0.1) is 22.2 Å². The average molecular weight is 778 g/mol. The fourth-order valence-electron chi connectivity index (χ4n) is 8.81. The van der Waals surface area contributed by atoms with Crippen LogP contribution in [0.3, 0.4) is 0 Å². The van der Waals surface area contributed by atoms with Gasteiger partial charge in [-0.2, -0.15) is 0 Å². The fraction of sp³-hybridized carbons (Fsp3) is 0. The topological polar surface area (TPSA) is 56.5 Å². The largest absolute Gasteiger partial charge is 0.309 e. The molecule has 0 unspecified atom stereocenters. The summed E-state index contributed by atoms with van der Waals surface area (Å²) in [6.07, 6.45) is 0. The van der Waals surface area contributed by atoms with Gasteiger partial charge in [-0.25, -0.2) is 19.9 Å². The Morgan fingerprint density at radius 2 is 0.836 bits per heavy atom. The molecule has 3 aromatic heterocycles. The second kappa shape index (κ2) is 14.2. The molecular formula is C56H35N5. The number of benzene rings is 9. The van der Waals surface area contributed by atoms with Gasteiger partial charge >= 0.3 is 0 Å². The number of hydrogen-bond donors (Lipinski definition) is 0. The van der Waals surface area contributed by atoms with Crippen LogP contribution in [0.15, 0.2) is 212 Å². The third kappa shape index (κ3) is 6.02. The molecule has 0 spiro atoms. The Morgan fingerprint density at radius 3 is 1.54 bits per heavy atom. The van der Waals surface area contributed by atoms with Crippen LogP contribution in [-0.4, -0.2) is 24.5 Å². The van der Waals surface area contributed by atoms with Gasteiger partial charge in [0.15, 0.2) is 17.5 Å². The van der Waals surface area contributed by atoms with E-state index in [9.17, 15) is 0 Å². The van der Waals surface area contributed by atoms with Crippen LogP contribution in [0, 0.1) is 0 Å². The summed E-state index contributed by atoms with van der Waals surface area (Å²) in [5, 5.41) is 8.23. The van der Waals surface area contributed by atoms with Crippen molar-refractivity contribution in [3.05, 3.63) is 212 Å². The minimum Gasteiger partial charge on any atom is -0.309 e. The highest BCUT2D eigenvalue weighted by Crippen LogP contribution is 2.41. The van der Waals surface area contributed by atoms with Crippen LogP contribution in [0.25, 0.3) is 116 Å². The predicted molar refractivity (Wildman–Crippen MR) is 252 cm³/mol. The highest BCUT2D eigenvalue weighted by Gasteiger charge is 2.19. The number of pyridine rings is 1. The quantitative estimate of drug-likeness (QED) is 0.158. The number of para-hydroxylation sites is 2. The van der Waals surface area contributed by atoms with Crippen molar-refractivity contribution >= 4 is 54.3 Å². The molecule has 0 saturated carbocycles. The molecule has 0 N–H and O–H groups in total. The Bertz CT molecular complexity index is 3560. The lowest BCUT2D eigenvalue weighted by atomic mass is 9.95. The van der Waals surface area contributed by atoms with Crippen LogP contribution in [0.5, 0.6) is 0 Å². The van der Waals surface area contributed by atoms with Crippen molar-refractivity contribution in [1.82, 2.24) is 24.5 Å². The van der Waals surface area contributed by atoms with E-state index in [4.69, 9.17) is 19.9 Å². The molecule has 0 aliphatic rings. The highest BCUT2D eigenvalue weighted by molar-refractivity contribution is 6.20. The van der Waals surface area contributed by atoms with Gasteiger partial charge in [-0.1, -0.05) is 170 Å². The molecule has 12 rings (SSSR count). The summed E-state index contributed by atoms with van der Waals surface area (Å²) < 4.78 is 2.39. The molecule has 9 aromatic carbocycles. The lowest BCUT2D eigenvalue weighted by Gasteiger charge is -2.14. The summed E-state index contributed by atoms with van der Waals surface area (Å²) in [7, 11) is 0. The summed E-state index contributed by atoms with van der Waals surface area (Å²) in [5.74, 6) is 1.92. The summed E-state index contributed by atoms with van der Waals surface area (Å²) in [6.45, 7) is 0. The van der Waals surface area contributed by atoms with E-state index in [2.05, 4.69) is 156 Å². The first-order chi connectivity index (χ1) is 30.2. The van der Waals surface area contributed by atoms with Gasteiger partial charge in [-0.15, -0.1) is 0 Å². The fourth-order valence-corrected chi connectivity index (χ4v) is 8.81. The van der Waals surface area contributed by atoms with E-state index >= 15 is 0 Å². The second-order valence-electron chi connectivity index (χ2n) is 15.5. The van der Waals surface area contributed by atoms with Crippen molar-refractivity contribution in [3.63, 3.8) is 0 Å². The number of rotatable bonds is 6. The molecule has 3 heterocycles. The Balaban J connectivity index is 1.03. The highest BCUT2D eigenvalue weighted by atomic mass is 15.0. The van der Waals surface area contributed by atoms with E-state index in [0.29, 0.717) is 17.5 Å². The van der Waals surface area contributed by atoms with Crippen LogP contribution >= 0.6 is 0 Å². The van der Waals surface area contributed by atoms with Gasteiger partial charge in [0, 0.05) is 49.5 Å². The maximum absolute atomic E-state index is 5.53. The minimum absolute atomic E-state index is 0.630. The Kier molecular flexibility index (Phi) is 8.10. The van der Waals surface area contributed by atoms with Crippen molar-refractivity contribution in [2.45, 2.75) is 0 Å². The maximum atomic E-state index is 5.53. The van der Waals surface area contributed by atoms with E-state index < -0.39 is 0 Å². The zero-order valence-electron chi connectivity index (χ0n) is 32.9. The SMILES string of the molecule is c1ccc(-c2nc(-c3ccccc3)nc(-c3ccc(-c4ccc5c(c4)nc(-c4ccc6ccccc6c4)c4cc6c7ccccc7n(-c7ccccc7)c6cc45)cc3)n2)cc1. The molecule has 12 aromatic rings. The summed E-state index contributed by atoms with van der Waals surface area (Å²) in [4.78, 5) is 20.3. The van der Waals surface area contributed by atoms with Gasteiger partial charge < -0.3 is 4.57 Å². The number of fused-ring (bicyclic) bond motifs is 7. The number of aromatic nitrogens is 5. The second-order valence-corrected chi connectivity index (χ2v) is 15.5. The minimum atomic E-state index is 0.630. The zero-order valence-corrected chi connectivity index (χ0v) is 32.9. The van der Waals surface area contributed by atoms with Crippen molar-refractivity contribution in [3.8, 4) is 62.2 Å². The van der Waals surface area contributed by atoms with Crippen molar-refractivity contribution in [1.29, 1.82) is 0 Å². The molecule has 5 nitrogen and oxygen atoms in total. The lowest BCUT2D eigenvalue weighted by Crippen LogP contribution is -2.00. The summed E-state index contributed by atoms with van der Waals surface area (Å²) in [5.41, 5.74) is 11.5. The van der Waals surface area contributed by atoms with Crippen LogP contribution in [-0.2, 0) is 0 Å². The van der Waals surface area contributed by atoms with Crippen molar-refractivity contribution in [2.75, 3.05) is 0 Å². The van der Waals surface area contributed by atoms with Gasteiger partial charge in [0.2, 0.25) is 0 Å². The van der Waals surface area contributed by atoms with Crippen LogP contribution in [0.1, 0.15) is 0 Å². The molecule has 284 valence electrons. The van der Waals surface area contributed by atoms with E-state index in [1.165, 1.54) is 38.0 Å². The molecule has 0 amide bonds. The van der Waals surface area contributed by atoms with Gasteiger partial charge in [-0.05, 0) is 69.8 Å². The molecule has 0 aliphatic carbocycles. The molecule has 0 atom stereocenters. The van der Waals surface area contributed by atoms with Crippen LogP contribution in [0.2, 0.25) is 0 Å². The number of nitrogens with zero attached hydrogens (tertiary/aromatic N) is 5. The van der Waals surface area contributed by atoms with E-state index in [1.54, 1.807) is 0 Å². The van der Waals surface area contributed by atoms with E-state index in [1.807, 2.05) is 60.7 Å². The smallest absolute Gasteiger partial charge is 0.164 e. The maximum Gasteiger partial charge on any atom is 0.164 e. The Hall–Kier alpha value is -8.28. The zero-order chi connectivity index (χ0) is 40.3. The monoisotopic (exact) mass is 777 g/mol. The third-order valence-corrected chi connectivity index (χ3v) is 11.8. The van der Waals surface area contributed by atoms with Crippen LogP contribution in [0.4, 0.5) is 0 Å². The molecule has 5 heteroatoms. The summed E-state index contributed by atoms with van der Waals surface area (Å²) >= 11 is 0. The average Bonchev–Trinajstić information content (AvgIpc) is 3.66. The van der Waals surface area contributed by atoms with Gasteiger partial charge in [0.1, 0.15) is 0 Å². The Morgan fingerprint density at radius 1 is 0.279 bits per heavy atom. The van der Waals surface area contributed by atoms with Crippen LogP contribution < -0.4 is 0 Å². The molecule has 0 saturated heterocycles. The predicted octanol–water partition coefficient (Wildman–Crippen LogP) is 14.2. The molecule has 0 bridgehead atoms. The van der Waals surface area contributed by atoms with E-state index in [-0.39, 0.29) is 0 Å². The van der Waals surface area contributed by atoms with E-state index in [0.717, 1.165) is 61.1 Å². The third-order valence-electron chi connectivity index (χ3n) is 11.8. The first-order valence-electron chi connectivity index (χ1n) is 20.5. The summed E-state index contributed by atoms with van der Waals surface area (Å²) in [6, 6.07) is 74.7. The molecule has 0 aliphatic heterocycles. The molecule has 61 heavy (non-hydrogen) atoms. The number of hydrogen-bond acceptors (Lipinski definition) is 4. The molecular weight excluding hydrogens is 743 g/mol. The Labute approximate surface area is 351 Å². The van der Waals surface area contributed by atoms with Crippen molar-refractivity contribution < 1.29 is 0 Å². The van der Waals surface area contributed by atoms with Crippen molar-refractivity contribution in [2.24, 2.45) is 0 Å². The van der Waals surface area contributed by atoms with Gasteiger partial charge in [0.25, 0.3) is 0 Å². The standard InChI is InChI=1S/C56H35N5/c1-4-15-38(16-5-1)54-58-55(39-17-6-2-7-18-39)60-56(59-54)40-27-24-37(25-28-40)42-30-31-45-47-35-52-48(46-22-12-13-23-51(46)61(52)44-20-8-3-9-21-44)34-49(47)53(57-50(45)33-42)43-29-26-36-14-10-11-19-41(36)32-43/h1-35H. The van der Waals surface area contributed by atoms with Gasteiger partial charge in [-0.3, -0.25) is 0 Å². The molecule has 0 radical (unpaired) electrons. The molecule has 0 fully saturated rings. The lowest BCUT2D eigenvalue weighted by molar-refractivity contribution is 1.07.